The Kier molecular flexibility index (Phi) is 13.8. The Bertz CT molecular complexity index is 1640. The van der Waals surface area contributed by atoms with Crippen LogP contribution in [0.4, 0.5) is 0 Å². The third-order valence-corrected chi connectivity index (χ3v) is 24.7. The summed E-state index contributed by atoms with van der Waals surface area (Å²) in [5.74, 6) is 12.7. The summed E-state index contributed by atoms with van der Waals surface area (Å²) < 4.78 is 0. The topological polar surface area (TPSA) is 32.6 Å². The molecule has 4 nitrogen and oxygen atoms in total. The highest BCUT2D eigenvalue weighted by Crippen LogP contribution is 2.58. The van der Waals surface area contributed by atoms with E-state index in [2.05, 4.69) is 39.4 Å². The number of likely N-dealkylation sites (tertiary alicyclic amines) is 2. The van der Waals surface area contributed by atoms with E-state index in [1.807, 2.05) is 0 Å². The molecule has 3 aliphatic heterocycles. The minimum absolute atomic E-state index is 0.382. The molecule has 3 heterocycles. The molecule has 4 heteroatoms. The van der Waals surface area contributed by atoms with Gasteiger partial charge in [-0.1, -0.05) is 101 Å². The third-order valence-electron chi connectivity index (χ3n) is 24.7. The second kappa shape index (κ2) is 20.1. The number of nitrogens with one attached hydrogen (secondary N) is 1. The Morgan fingerprint density at radius 3 is 1.30 bits per heavy atom. The number of rotatable bonds is 7. The van der Waals surface area contributed by atoms with Gasteiger partial charge in [-0.3, -0.25) is 9.80 Å². The molecule has 9 saturated carbocycles. The summed E-state index contributed by atoms with van der Waals surface area (Å²) in [6, 6.07) is 6.60. The molecule has 0 bridgehead atoms. The maximum absolute atomic E-state index is 5.60. The second-order valence-corrected chi connectivity index (χ2v) is 27.3. The molecule has 0 aromatic heterocycles. The van der Waals surface area contributed by atoms with Crippen molar-refractivity contribution in [3.63, 3.8) is 0 Å². The second-order valence-electron chi connectivity index (χ2n) is 27.3. The van der Waals surface area contributed by atoms with Gasteiger partial charge >= 0.3 is 0 Å². The van der Waals surface area contributed by atoms with E-state index >= 15 is 0 Å². The first-order valence-electron chi connectivity index (χ1n) is 31.1. The first-order chi connectivity index (χ1) is 32.7. The molecule has 13 aliphatic rings. The van der Waals surface area contributed by atoms with Gasteiger partial charge in [-0.05, 0) is 231 Å². The van der Waals surface area contributed by atoms with Crippen molar-refractivity contribution in [1.82, 2.24) is 15.1 Å². The molecule has 10 aliphatic carbocycles. The van der Waals surface area contributed by atoms with E-state index in [0.717, 1.165) is 107 Å². The Hall–Kier alpha value is -0.680. The van der Waals surface area contributed by atoms with Gasteiger partial charge in [0.15, 0.2) is 0 Å². The molecular weight excluding hydrogens is 801 g/mol. The largest absolute Gasteiger partial charge is 0.640 e. The van der Waals surface area contributed by atoms with Crippen LogP contribution in [0.1, 0.15) is 231 Å². The van der Waals surface area contributed by atoms with Gasteiger partial charge in [0.25, 0.3) is 0 Å². The van der Waals surface area contributed by atoms with E-state index in [1.54, 1.807) is 128 Å². The van der Waals surface area contributed by atoms with E-state index < -0.39 is 0 Å². The highest BCUT2D eigenvalue weighted by atomic mass is 15.3. The van der Waals surface area contributed by atoms with Crippen LogP contribution in [0.15, 0.2) is 24.3 Å². The van der Waals surface area contributed by atoms with Gasteiger partial charge in [-0.25, -0.2) is 0 Å². The zero-order chi connectivity index (χ0) is 43.6. The molecule has 0 radical (unpaired) electrons. The van der Waals surface area contributed by atoms with Crippen LogP contribution < -0.4 is 5.32 Å². The molecule has 368 valence electrons. The van der Waals surface area contributed by atoms with Crippen molar-refractivity contribution in [3.05, 3.63) is 29.6 Å². The molecular formula is C62H99N4-. The minimum atomic E-state index is 0.382. The normalized spacial score (nSPS) is 50.8. The summed E-state index contributed by atoms with van der Waals surface area (Å²) >= 11 is 0. The Morgan fingerprint density at radius 2 is 0.742 bits per heavy atom. The number of hydrogen-bond acceptors (Lipinski definition) is 3. The van der Waals surface area contributed by atoms with Gasteiger partial charge in [0.2, 0.25) is 0 Å². The summed E-state index contributed by atoms with van der Waals surface area (Å²) in [6.07, 6.45) is 65.0. The minimum Gasteiger partial charge on any atom is -0.640 e. The van der Waals surface area contributed by atoms with Crippen molar-refractivity contribution in [2.75, 3.05) is 0 Å². The van der Waals surface area contributed by atoms with Crippen molar-refractivity contribution in [2.24, 2.45) is 76.9 Å². The molecule has 13 rings (SSSR count). The highest BCUT2D eigenvalue weighted by Gasteiger charge is 2.56. The highest BCUT2D eigenvalue weighted by molar-refractivity contribution is 5.29. The number of fused-ring (bicyclic) bond motifs is 7. The van der Waals surface area contributed by atoms with Crippen molar-refractivity contribution >= 4 is 0 Å². The first-order valence-corrected chi connectivity index (χ1v) is 31.1. The first kappa shape index (κ1) is 45.2. The fourth-order valence-electron chi connectivity index (χ4n) is 21.7. The average Bonchev–Trinajstić information content (AvgIpc) is 3.91. The zero-order valence-corrected chi connectivity index (χ0v) is 42.3. The predicted octanol–water partition coefficient (Wildman–Crippen LogP) is 15.2. The van der Waals surface area contributed by atoms with Crippen LogP contribution >= 0.6 is 0 Å². The van der Waals surface area contributed by atoms with Gasteiger partial charge < -0.3 is 10.6 Å². The quantitative estimate of drug-likeness (QED) is 0.276. The van der Waals surface area contributed by atoms with Gasteiger partial charge in [-0.15, -0.1) is 12.1 Å². The van der Waals surface area contributed by atoms with Crippen LogP contribution in [0.25, 0.3) is 5.32 Å². The molecule has 12 fully saturated rings. The smallest absolute Gasteiger partial charge is 0.0133 e. The summed E-state index contributed by atoms with van der Waals surface area (Å²) in [7, 11) is 0. The Labute approximate surface area is 405 Å². The lowest BCUT2D eigenvalue weighted by molar-refractivity contribution is 0.0260. The van der Waals surface area contributed by atoms with Gasteiger partial charge in [0.05, 0.1) is 0 Å². The Morgan fingerprint density at radius 1 is 0.333 bits per heavy atom. The molecule has 3 saturated heterocycles. The average molecular weight is 901 g/mol. The maximum atomic E-state index is 5.60. The van der Waals surface area contributed by atoms with Crippen LogP contribution in [0.3, 0.4) is 0 Å². The zero-order valence-electron chi connectivity index (χ0n) is 42.3. The monoisotopic (exact) mass is 900 g/mol. The van der Waals surface area contributed by atoms with E-state index in [0.29, 0.717) is 24.2 Å². The lowest BCUT2D eigenvalue weighted by Gasteiger charge is -2.58. The number of allylic oxidation sites excluding steroid dienone is 2. The van der Waals surface area contributed by atoms with E-state index in [9.17, 15) is 0 Å². The Balaban J connectivity index is 0.608. The van der Waals surface area contributed by atoms with Crippen molar-refractivity contribution in [3.8, 4) is 0 Å². The van der Waals surface area contributed by atoms with Crippen molar-refractivity contribution in [2.45, 2.75) is 286 Å². The fourth-order valence-corrected chi connectivity index (χ4v) is 21.7. The number of hydrogen-bond donors (Lipinski definition) is 1. The van der Waals surface area contributed by atoms with Crippen LogP contribution in [-0.2, 0) is 0 Å². The van der Waals surface area contributed by atoms with E-state index in [-0.39, 0.29) is 0 Å². The summed E-state index contributed by atoms with van der Waals surface area (Å²) in [5.41, 5.74) is 0. The summed E-state index contributed by atoms with van der Waals surface area (Å²) in [4.78, 5) is 6.62. The van der Waals surface area contributed by atoms with E-state index in [1.165, 1.54) is 103 Å². The SMILES string of the molecule is C1=CC2[N-]C(C3CCC(N4C5CCCCC5C5CC(C6CCC(C7CCC8C(C7)C7CCCCC7N8C7CCC(C8CCCCC8)CC7)CC6)CCC54)CC3)NC(C3CCCCC3)C2C=C1. The van der Waals surface area contributed by atoms with Gasteiger partial charge in [0, 0.05) is 42.3 Å². The molecule has 0 aromatic rings. The van der Waals surface area contributed by atoms with Crippen molar-refractivity contribution < 1.29 is 0 Å². The van der Waals surface area contributed by atoms with E-state index in [4.69, 9.17) is 5.32 Å². The van der Waals surface area contributed by atoms with Crippen LogP contribution in [0, 0.1) is 76.9 Å². The molecule has 0 spiro atoms. The lowest BCUT2D eigenvalue weighted by atomic mass is 9.61. The van der Waals surface area contributed by atoms with Gasteiger partial charge in [0.1, 0.15) is 0 Å². The van der Waals surface area contributed by atoms with Gasteiger partial charge in [-0.2, -0.15) is 0 Å². The number of nitrogens with zero attached hydrogens (tertiary/aromatic N) is 3. The van der Waals surface area contributed by atoms with Crippen molar-refractivity contribution in [1.29, 1.82) is 0 Å². The molecule has 0 aromatic carbocycles. The van der Waals surface area contributed by atoms with Crippen LogP contribution in [0.2, 0.25) is 0 Å². The standard InChI is InChI=1S/C62H99N4/c1-3-13-41(14-4-1)42-27-33-49(34-28-42)65-57-21-11-8-17-51(57)54-39-47(31-37-59(54)65)43-23-25-44(26-24-43)48-32-38-60-55(40-48)52-18-9-12-22-58(52)66(60)50-35-29-46(30-36-50)62-63-56-20-10-7-19-53(56)61(64-62)45-15-5-2-6-16-45/h7,10,19-20,41-62,64H,1-6,8-9,11-18,21-40H2/q-1. The fraction of sp³-hybridized carbons (Fsp3) is 0.935. The summed E-state index contributed by atoms with van der Waals surface area (Å²) in [6.45, 7) is 0. The van der Waals surface area contributed by atoms with Crippen LogP contribution in [0.5, 0.6) is 0 Å². The summed E-state index contributed by atoms with van der Waals surface area (Å²) in [5, 5.41) is 9.90. The molecule has 14 unspecified atom stereocenters. The molecule has 66 heavy (non-hydrogen) atoms. The molecule has 0 amide bonds. The molecule has 1 N–H and O–H groups in total. The predicted molar refractivity (Wildman–Crippen MR) is 274 cm³/mol. The molecule has 14 atom stereocenters. The third kappa shape index (κ3) is 8.68. The van der Waals surface area contributed by atoms with Crippen LogP contribution in [-0.4, -0.2) is 64.3 Å². The lowest BCUT2D eigenvalue weighted by Crippen LogP contribution is -2.58. The maximum Gasteiger partial charge on any atom is 0.0133 e.